The van der Waals surface area contributed by atoms with Gasteiger partial charge in [-0.15, -0.1) is 0 Å². The molecule has 2 aromatic heterocycles. The van der Waals surface area contributed by atoms with Gasteiger partial charge in [-0.3, -0.25) is 20.2 Å². The van der Waals surface area contributed by atoms with Crippen molar-refractivity contribution in [1.82, 2.24) is 0 Å². The van der Waals surface area contributed by atoms with E-state index in [1.54, 1.807) is 22.7 Å². The van der Waals surface area contributed by atoms with Crippen LogP contribution in [0.4, 0.5) is 10.3 Å². The molecule has 10 heteroatoms. The summed E-state index contributed by atoms with van der Waals surface area (Å²) >= 11 is 3.16. The highest BCUT2D eigenvalue weighted by molar-refractivity contribution is 7.13. The summed E-state index contributed by atoms with van der Waals surface area (Å²) in [4.78, 5) is 31.2. The third-order valence-corrected chi connectivity index (χ3v) is 8.46. The molecule has 2 fully saturated rings. The molecule has 4 unspecified atom stereocenters. The summed E-state index contributed by atoms with van der Waals surface area (Å²) in [6.07, 6.45) is 5.15. The van der Waals surface area contributed by atoms with E-state index < -0.39 is 11.2 Å². The van der Waals surface area contributed by atoms with Crippen molar-refractivity contribution in [1.29, 1.82) is 0 Å². The van der Waals surface area contributed by atoms with Crippen LogP contribution in [0, 0.1) is 11.8 Å². The van der Waals surface area contributed by atoms with Crippen LogP contribution in [-0.4, -0.2) is 25.0 Å². The van der Waals surface area contributed by atoms with Crippen molar-refractivity contribution < 1.29 is 29.0 Å². The molecule has 0 aromatic carbocycles. The number of nitrogens with one attached hydrogen (secondary N) is 4. The van der Waals surface area contributed by atoms with Crippen molar-refractivity contribution in [3.05, 3.63) is 22.1 Å². The topological polar surface area (TPSA) is 105 Å². The number of ether oxygens (including phenoxy) is 2. The number of H-pyrrole nitrogens is 2. The SMILES string of the molecule is CCCC1CC(C)(c2csc(NCCNc3[nH+]c(C4(C)CC(CCC)C(=O)O4)cs3)[nH+]2)OC1=O. The van der Waals surface area contributed by atoms with E-state index in [1.807, 2.05) is 24.6 Å². The second-order valence-electron chi connectivity index (χ2n) is 9.74. The molecule has 186 valence electrons. The first-order chi connectivity index (χ1) is 16.3. The van der Waals surface area contributed by atoms with Gasteiger partial charge in [-0.05, 0) is 26.7 Å². The summed E-state index contributed by atoms with van der Waals surface area (Å²) in [6.45, 7) is 9.60. The van der Waals surface area contributed by atoms with Crippen LogP contribution in [0.25, 0.3) is 0 Å². The Balaban J connectivity index is 1.25. The molecule has 0 spiro atoms. The van der Waals surface area contributed by atoms with Crippen LogP contribution in [-0.2, 0) is 30.3 Å². The minimum Gasteiger partial charge on any atom is -0.450 e. The van der Waals surface area contributed by atoms with Crippen molar-refractivity contribution in [3.63, 3.8) is 0 Å². The second kappa shape index (κ2) is 10.2. The van der Waals surface area contributed by atoms with Crippen molar-refractivity contribution in [2.24, 2.45) is 11.8 Å². The number of thiazole rings is 2. The lowest BCUT2D eigenvalue weighted by Gasteiger charge is -2.18. The molecule has 2 aliphatic heterocycles. The van der Waals surface area contributed by atoms with Crippen LogP contribution in [0.1, 0.15) is 77.6 Å². The van der Waals surface area contributed by atoms with Gasteiger partial charge in [-0.2, -0.15) is 0 Å². The van der Waals surface area contributed by atoms with Gasteiger partial charge in [0.05, 0.1) is 11.8 Å². The summed E-state index contributed by atoms with van der Waals surface area (Å²) in [6, 6.07) is 0. The van der Waals surface area contributed by atoms with E-state index in [9.17, 15) is 9.59 Å². The molecule has 4 atom stereocenters. The molecule has 0 aliphatic carbocycles. The molecule has 0 radical (unpaired) electrons. The Morgan fingerprint density at radius 2 is 1.26 bits per heavy atom. The molecule has 0 amide bonds. The molecule has 34 heavy (non-hydrogen) atoms. The fraction of sp³-hybridized carbons (Fsp3) is 0.667. The molecule has 2 saturated heterocycles. The monoisotopic (exact) mass is 508 g/mol. The number of carbonyl (C=O) groups excluding carboxylic acids is 2. The van der Waals surface area contributed by atoms with Crippen LogP contribution in [0.15, 0.2) is 10.8 Å². The first-order valence-electron chi connectivity index (χ1n) is 12.2. The van der Waals surface area contributed by atoms with Crippen molar-refractivity contribution in [2.75, 3.05) is 23.7 Å². The second-order valence-corrected chi connectivity index (χ2v) is 11.5. The molecule has 8 nitrogen and oxygen atoms in total. The smallest absolute Gasteiger partial charge is 0.332 e. The Hall–Kier alpha value is -2.20. The molecular formula is C24H36N4O4S2+2. The van der Waals surface area contributed by atoms with Gasteiger partial charge < -0.3 is 9.47 Å². The quantitative estimate of drug-likeness (QED) is 0.349. The van der Waals surface area contributed by atoms with E-state index in [2.05, 4.69) is 34.4 Å². The minimum atomic E-state index is -0.579. The Morgan fingerprint density at radius 1 is 0.853 bits per heavy atom. The molecule has 4 N–H and O–H groups in total. The average Bonchev–Trinajstić information content (AvgIpc) is 3.55. The number of aromatic amines is 2. The lowest BCUT2D eigenvalue weighted by Crippen LogP contribution is -2.30. The summed E-state index contributed by atoms with van der Waals surface area (Å²) < 4.78 is 11.5. The number of esters is 2. The number of carbonyl (C=O) groups is 2. The van der Waals surface area contributed by atoms with E-state index >= 15 is 0 Å². The van der Waals surface area contributed by atoms with E-state index in [4.69, 9.17) is 9.47 Å². The minimum absolute atomic E-state index is 0.0108. The van der Waals surface area contributed by atoms with Crippen LogP contribution < -0.4 is 20.6 Å². The van der Waals surface area contributed by atoms with E-state index in [0.717, 1.165) is 73.3 Å². The maximum Gasteiger partial charge on any atom is 0.332 e. The molecule has 2 aromatic rings. The number of rotatable bonds is 11. The summed E-state index contributed by atoms with van der Waals surface area (Å²) in [7, 11) is 0. The van der Waals surface area contributed by atoms with Gasteiger partial charge in [-0.25, -0.2) is 9.97 Å². The largest absolute Gasteiger partial charge is 0.450 e. The predicted molar refractivity (Wildman–Crippen MR) is 132 cm³/mol. The zero-order valence-electron chi connectivity index (χ0n) is 20.4. The highest BCUT2D eigenvalue weighted by Gasteiger charge is 2.48. The fourth-order valence-electron chi connectivity index (χ4n) is 4.90. The van der Waals surface area contributed by atoms with E-state index in [1.165, 1.54) is 0 Å². The summed E-state index contributed by atoms with van der Waals surface area (Å²) in [5.74, 6) is -0.195. The maximum absolute atomic E-state index is 12.2. The number of cyclic esters (lactones) is 2. The number of hydrogen-bond donors (Lipinski definition) is 2. The fourth-order valence-corrected chi connectivity index (χ4v) is 6.70. The standard InChI is InChI=1S/C24H34N4O4S2/c1-5-7-15-11-23(3,31-19(15)29)17-13-33-21(27-17)25-9-10-26-22-28-18(14-34-22)24(4)12-16(8-6-2)20(30)32-24/h13-16H,5-12H2,1-4H3,(H,25,27)(H,26,28)/p+2. The normalized spacial score (nSPS) is 28.7. The van der Waals surface area contributed by atoms with Gasteiger partial charge in [-0.1, -0.05) is 49.4 Å². The molecule has 2 aliphatic rings. The Labute approximate surface area is 208 Å². The van der Waals surface area contributed by atoms with Crippen LogP contribution >= 0.6 is 22.7 Å². The third-order valence-electron chi connectivity index (χ3n) is 6.79. The maximum atomic E-state index is 12.2. The zero-order chi connectivity index (χ0) is 24.3. The highest BCUT2D eigenvalue weighted by Crippen LogP contribution is 2.41. The summed E-state index contributed by atoms with van der Waals surface area (Å²) in [5.41, 5.74) is 0.724. The lowest BCUT2D eigenvalue weighted by molar-refractivity contribution is -0.385. The van der Waals surface area contributed by atoms with Crippen molar-refractivity contribution in [3.8, 4) is 0 Å². The third kappa shape index (κ3) is 5.22. The van der Waals surface area contributed by atoms with Gasteiger partial charge in [0, 0.05) is 23.6 Å². The van der Waals surface area contributed by atoms with Crippen LogP contribution in [0.3, 0.4) is 0 Å². The van der Waals surface area contributed by atoms with E-state index in [-0.39, 0.29) is 23.8 Å². The number of anilines is 2. The van der Waals surface area contributed by atoms with Gasteiger partial charge in [0.25, 0.3) is 0 Å². The van der Waals surface area contributed by atoms with Gasteiger partial charge >= 0.3 is 22.2 Å². The van der Waals surface area contributed by atoms with Crippen molar-refractivity contribution in [2.45, 2.75) is 77.4 Å². The zero-order valence-corrected chi connectivity index (χ0v) is 22.0. The molecule has 4 heterocycles. The number of aromatic nitrogens is 2. The molecule has 4 rings (SSSR count). The average molecular weight is 509 g/mol. The van der Waals surface area contributed by atoms with Crippen LogP contribution in [0.5, 0.6) is 0 Å². The van der Waals surface area contributed by atoms with Gasteiger partial charge in [0.2, 0.25) is 0 Å². The molecular weight excluding hydrogens is 472 g/mol. The lowest BCUT2D eigenvalue weighted by atomic mass is 9.91. The Kier molecular flexibility index (Phi) is 7.47. The first-order valence-corrected chi connectivity index (χ1v) is 14.0. The van der Waals surface area contributed by atoms with Crippen LogP contribution in [0.2, 0.25) is 0 Å². The van der Waals surface area contributed by atoms with Gasteiger partial charge in [0.1, 0.15) is 13.1 Å². The van der Waals surface area contributed by atoms with Crippen molar-refractivity contribution >= 4 is 44.9 Å². The first kappa shape index (κ1) is 24.9. The Morgan fingerprint density at radius 3 is 1.65 bits per heavy atom. The van der Waals surface area contributed by atoms with E-state index in [0.29, 0.717) is 0 Å². The Bertz CT molecular complexity index is 944. The predicted octanol–water partition coefficient (Wildman–Crippen LogP) is 4.12. The highest BCUT2D eigenvalue weighted by atomic mass is 32.1. The number of hydrogen-bond acceptors (Lipinski definition) is 8. The molecule has 0 saturated carbocycles. The summed E-state index contributed by atoms with van der Waals surface area (Å²) in [5, 5.41) is 12.7. The van der Waals surface area contributed by atoms with Gasteiger partial charge in [0.15, 0.2) is 22.6 Å². The molecule has 0 bridgehead atoms.